The van der Waals surface area contributed by atoms with E-state index in [1.54, 1.807) is 28.2 Å². The van der Waals surface area contributed by atoms with Crippen molar-refractivity contribution in [3.63, 3.8) is 0 Å². The summed E-state index contributed by atoms with van der Waals surface area (Å²) in [6.45, 7) is 31.0. The van der Waals surface area contributed by atoms with Crippen LogP contribution in [-0.4, -0.2) is 4.21 Å². The molecule has 0 nitrogen and oxygen atoms in total. The van der Waals surface area contributed by atoms with Crippen molar-refractivity contribution in [2.45, 2.75) is 109 Å². The molecule has 5 aliphatic carbocycles. The first-order valence-corrected chi connectivity index (χ1v) is 19.4. The summed E-state index contributed by atoms with van der Waals surface area (Å²) < 4.78 is 3.34. The zero-order chi connectivity index (χ0) is 35.1. The van der Waals surface area contributed by atoms with Gasteiger partial charge in [0.25, 0.3) is 0 Å². The predicted molar refractivity (Wildman–Crippen MR) is 216 cm³/mol. The van der Waals surface area contributed by atoms with Crippen LogP contribution in [0.2, 0.25) is 0 Å². The third kappa shape index (κ3) is 7.09. The molecule has 3 unspecified atom stereocenters. The van der Waals surface area contributed by atoms with Crippen molar-refractivity contribution in [2.24, 2.45) is 33.5 Å². The monoisotopic (exact) mass is 773 g/mol. The van der Waals surface area contributed by atoms with Gasteiger partial charge in [-0.15, -0.1) is 38.7 Å². The summed E-state index contributed by atoms with van der Waals surface area (Å²) in [4.78, 5) is 0. The number of halogens is 2. The molecule has 0 heterocycles. The molecule has 0 spiro atoms. The summed E-state index contributed by atoms with van der Waals surface area (Å²) in [5.41, 5.74) is 15.8. The third-order valence-electron chi connectivity index (χ3n) is 13.9. The van der Waals surface area contributed by atoms with Gasteiger partial charge in [-0.05, 0) is 40.6 Å². The van der Waals surface area contributed by atoms with Gasteiger partial charge in [0.05, 0.1) is 0 Å². The van der Waals surface area contributed by atoms with Gasteiger partial charge in [-0.3, -0.25) is 6.08 Å². The van der Waals surface area contributed by atoms with Gasteiger partial charge in [0.1, 0.15) is 0 Å². The quantitative estimate of drug-likeness (QED) is 0.234. The average Bonchev–Trinajstić information content (AvgIpc) is 3.54. The van der Waals surface area contributed by atoms with Gasteiger partial charge < -0.3 is 0 Å². The molecule has 0 saturated heterocycles. The van der Waals surface area contributed by atoms with Crippen molar-refractivity contribution in [1.82, 2.24) is 0 Å². The van der Waals surface area contributed by atoms with E-state index in [1.807, 2.05) is 24.3 Å². The van der Waals surface area contributed by atoms with Gasteiger partial charge in [-0.2, -0.15) is 58.2 Å². The van der Waals surface area contributed by atoms with Crippen molar-refractivity contribution >= 4 is 34.6 Å². The average molecular weight is 776 g/mol. The van der Waals surface area contributed by atoms with Crippen LogP contribution in [0.1, 0.15) is 113 Å². The van der Waals surface area contributed by atoms with Crippen LogP contribution in [0.5, 0.6) is 0 Å². The summed E-state index contributed by atoms with van der Waals surface area (Å²) in [5.74, 6) is 2.80. The Kier molecular flexibility index (Phi) is 14.5. The van der Waals surface area contributed by atoms with Gasteiger partial charge in [0.15, 0.2) is 0 Å². The fourth-order valence-electron chi connectivity index (χ4n) is 9.20. The molecule has 5 aliphatic rings. The van der Waals surface area contributed by atoms with Crippen LogP contribution in [0.4, 0.5) is 0 Å². The Morgan fingerprint density at radius 1 is 0.857 bits per heavy atom. The Morgan fingerprint density at radius 3 is 1.94 bits per heavy atom. The van der Waals surface area contributed by atoms with Crippen molar-refractivity contribution in [2.75, 3.05) is 0 Å². The molecular weight excluding hydrogens is 715 g/mol. The maximum atomic E-state index is 3.36. The minimum atomic E-state index is 0. The second kappa shape index (κ2) is 16.3. The number of aryl methyl sites for hydroxylation is 1. The third-order valence-corrected chi connectivity index (χ3v) is 13.9. The molecule has 266 valence electrons. The number of benzene rings is 2. The standard InChI is InChI=1S/C29H37.C9H13.C7H7.CH2.2ClH.Zr/c1-18-25-22-17-19-13-9-10-14-20(19)24(22)21-15-11-12-16-23(21)29(25,8)28(6,7)27(4,5)26(18,2)3;1-6-5-7(2)9(4)8(6)3;1-7-5-3-2-4-6-7;;;;/h9-11,13-15,23H,12,16-17H2,1-8H3;6H,1-4H3;3-6H,1H3;1H2;2*1H;/q3*-1;;;;. The summed E-state index contributed by atoms with van der Waals surface area (Å²) in [6, 6.07) is 20.0. The van der Waals surface area contributed by atoms with Crippen molar-refractivity contribution in [3.8, 4) is 0 Å². The van der Waals surface area contributed by atoms with E-state index in [-0.39, 0.29) is 46.5 Å². The van der Waals surface area contributed by atoms with Crippen LogP contribution in [0, 0.1) is 58.5 Å². The van der Waals surface area contributed by atoms with Crippen molar-refractivity contribution in [3.05, 3.63) is 129 Å². The molecule has 0 amide bonds. The molecule has 7 rings (SSSR count). The van der Waals surface area contributed by atoms with E-state index >= 15 is 0 Å². The zero-order valence-corrected chi connectivity index (χ0v) is 36.7. The van der Waals surface area contributed by atoms with E-state index in [1.165, 1.54) is 70.5 Å². The Balaban J connectivity index is 0.000000344. The van der Waals surface area contributed by atoms with Crippen LogP contribution in [-0.2, 0) is 30.7 Å². The van der Waals surface area contributed by atoms with Gasteiger partial charge in [-0.1, -0.05) is 147 Å². The van der Waals surface area contributed by atoms with Gasteiger partial charge in [-0.25, -0.2) is 11.5 Å². The SMILES string of the molecule is CC1=[C-]C(C)C(C)=C1C.C[C-]1C2=C3Cc4ccccc4C3=C3C=CCCC3C2(C)C(C)(C)C(C)(C)C1(C)C.Cc1cc[c-]cc1.Cl.Cl.[CH2]=[Zr]. The van der Waals surface area contributed by atoms with E-state index in [2.05, 4.69) is 143 Å². The maximum absolute atomic E-state index is 3.36. The summed E-state index contributed by atoms with van der Waals surface area (Å²) in [7, 11) is 0. The number of allylic oxidation sites excluding steroid dienone is 10. The van der Waals surface area contributed by atoms with Crippen LogP contribution in [0.3, 0.4) is 0 Å². The molecule has 49 heavy (non-hydrogen) atoms. The van der Waals surface area contributed by atoms with Gasteiger partial charge in [0, 0.05) is 0 Å². The summed E-state index contributed by atoms with van der Waals surface area (Å²) >= 11 is 1.30. The molecular formula is C46H61Cl2Zr-3. The van der Waals surface area contributed by atoms with Gasteiger partial charge >= 0.3 is 28.4 Å². The molecule has 2 aromatic carbocycles. The minimum absolute atomic E-state index is 0. The Labute approximate surface area is 328 Å². The fourth-order valence-corrected chi connectivity index (χ4v) is 9.20. The molecule has 1 saturated carbocycles. The Morgan fingerprint density at radius 2 is 1.45 bits per heavy atom. The van der Waals surface area contributed by atoms with Gasteiger partial charge in [0.2, 0.25) is 0 Å². The Bertz CT molecular complexity index is 1640. The van der Waals surface area contributed by atoms with E-state index in [9.17, 15) is 0 Å². The second-order valence-corrected chi connectivity index (χ2v) is 16.1. The first kappa shape index (κ1) is 43.5. The zero-order valence-electron chi connectivity index (χ0n) is 32.6. The van der Waals surface area contributed by atoms with Crippen LogP contribution in [0.25, 0.3) is 5.57 Å². The van der Waals surface area contributed by atoms with Crippen LogP contribution < -0.4 is 0 Å². The summed E-state index contributed by atoms with van der Waals surface area (Å²) in [5, 5.41) is 0. The van der Waals surface area contributed by atoms with E-state index in [0.717, 1.165) is 6.42 Å². The van der Waals surface area contributed by atoms with Crippen LogP contribution in [0.15, 0.2) is 94.1 Å². The number of fused-ring (bicyclic) bond motifs is 6. The van der Waals surface area contributed by atoms with E-state index in [4.69, 9.17) is 0 Å². The molecule has 0 aliphatic heterocycles. The fraction of sp³-hybridized carbons (Fsp3) is 0.478. The first-order chi connectivity index (χ1) is 22.0. The predicted octanol–water partition coefficient (Wildman–Crippen LogP) is 13.3. The second-order valence-electron chi connectivity index (χ2n) is 16.1. The summed E-state index contributed by atoms with van der Waals surface area (Å²) in [6.07, 6.45) is 11.9. The van der Waals surface area contributed by atoms with Crippen molar-refractivity contribution < 1.29 is 24.2 Å². The number of rotatable bonds is 0. The number of hydrogen-bond donors (Lipinski definition) is 0. The molecule has 0 bridgehead atoms. The van der Waals surface area contributed by atoms with E-state index < -0.39 is 0 Å². The van der Waals surface area contributed by atoms with Crippen LogP contribution >= 0.6 is 24.8 Å². The number of hydrogen-bond acceptors (Lipinski definition) is 0. The molecule has 0 radical (unpaired) electrons. The Hall–Kier alpha value is -1.66. The van der Waals surface area contributed by atoms with E-state index in [0.29, 0.717) is 11.8 Å². The molecule has 1 fully saturated rings. The van der Waals surface area contributed by atoms with Crippen molar-refractivity contribution in [1.29, 1.82) is 0 Å². The molecule has 3 heteroatoms. The molecule has 3 atom stereocenters. The molecule has 2 aromatic rings. The normalized spacial score (nSPS) is 26.0. The molecule has 0 aromatic heterocycles. The first-order valence-electron chi connectivity index (χ1n) is 17.6. The molecule has 0 N–H and O–H groups in total. The topological polar surface area (TPSA) is 0 Å².